The molecule has 1 saturated carbocycles. The van der Waals surface area contributed by atoms with Gasteiger partial charge in [0.25, 0.3) is 0 Å². The molecule has 0 radical (unpaired) electrons. The van der Waals surface area contributed by atoms with Gasteiger partial charge in [-0.2, -0.15) is 13.2 Å². The van der Waals surface area contributed by atoms with Crippen LogP contribution in [0.3, 0.4) is 0 Å². The Kier molecular flexibility index (Phi) is 4.40. The number of alkyl halides is 3. The van der Waals surface area contributed by atoms with Crippen molar-refractivity contribution in [3.8, 4) is 0 Å². The number of aromatic nitrogens is 3. The lowest BCUT2D eigenvalue weighted by atomic mass is 9.62. The zero-order valence-corrected chi connectivity index (χ0v) is 14.0. The second-order valence-corrected chi connectivity index (χ2v) is 6.56. The molecule has 0 N–H and O–H groups in total. The molecule has 0 amide bonds. The van der Waals surface area contributed by atoms with E-state index in [0.717, 1.165) is 31.6 Å². The Morgan fingerprint density at radius 2 is 1.88 bits per heavy atom. The van der Waals surface area contributed by atoms with E-state index in [1.54, 1.807) is 12.1 Å². The Morgan fingerprint density at radius 1 is 1.17 bits per heavy atom. The molecule has 3 nitrogen and oxygen atoms in total. The molecule has 0 unspecified atom stereocenters. The summed E-state index contributed by atoms with van der Waals surface area (Å²) < 4.78 is 42.6. The number of nitrogens with zero attached hydrogens (tertiary/aromatic N) is 3. The fraction of sp³-hybridized carbons (Fsp3) is 0.556. The van der Waals surface area contributed by atoms with Gasteiger partial charge in [0, 0.05) is 6.54 Å². The van der Waals surface area contributed by atoms with Crippen LogP contribution in [0.5, 0.6) is 0 Å². The minimum absolute atomic E-state index is 0.342. The average Bonchev–Trinajstić information content (AvgIpc) is 2.85. The van der Waals surface area contributed by atoms with Gasteiger partial charge in [-0.25, -0.2) is 0 Å². The molecule has 130 valence electrons. The predicted octanol–water partition coefficient (Wildman–Crippen LogP) is 4.88. The number of hydrogen-bond donors (Lipinski definition) is 0. The minimum atomic E-state index is -4.36. The largest absolute Gasteiger partial charge is 0.416 e. The third-order valence-electron chi connectivity index (χ3n) is 5.05. The summed E-state index contributed by atoms with van der Waals surface area (Å²) >= 11 is 0. The summed E-state index contributed by atoms with van der Waals surface area (Å²) in [6.45, 7) is 4.71. The molecule has 1 fully saturated rings. The number of aryl methyl sites for hydroxylation is 1. The first kappa shape index (κ1) is 17.0. The average molecular weight is 337 g/mol. The molecule has 6 heteroatoms. The maximum absolute atomic E-state index is 13.5. The topological polar surface area (TPSA) is 30.7 Å². The first-order valence-corrected chi connectivity index (χ1v) is 8.47. The zero-order valence-electron chi connectivity index (χ0n) is 14.0. The second-order valence-electron chi connectivity index (χ2n) is 6.56. The molecule has 1 aromatic heterocycles. The van der Waals surface area contributed by atoms with Crippen LogP contribution in [0.4, 0.5) is 13.2 Å². The van der Waals surface area contributed by atoms with Gasteiger partial charge >= 0.3 is 6.18 Å². The predicted molar refractivity (Wildman–Crippen MR) is 85.7 cm³/mol. The van der Waals surface area contributed by atoms with Gasteiger partial charge in [0.2, 0.25) is 0 Å². The van der Waals surface area contributed by atoms with E-state index in [1.807, 2.05) is 11.5 Å². The van der Waals surface area contributed by atoms with E-state index in [0.29, 0.717) is 24.2 Å². The third-order valence-corrected chi connectivity index (χ3v) is 5.05. The Bertz CT molecular complexity index is 715. The third kappa shape index (κ3) is 2.72. The van der Waals surface area contributed by atoms with Crippen LogP contribution in [0, 0.1) is 6.92 Å². The number of halogens is 3. The fourth-order valence-electron chi connectivity index (χ4n) is 3.61. The van der Waals surface area contributed by atoms with E-state index >= 15 is 0 Å². The van der Waals surface area contributed by atoms with Crippen molar-refractivity contribution in [3.63, 3.8) is 0 Å². The maximum Gasteiger partial charge on any atom is 0.416 e. The van der Waals surface area contributed by atoms with Gasteiger partial charge in [0.1, 0.15) is 11.6 Å². The first-order chi connectivity index (χ1) is 11.4. The quantitative estimate of drug-likeness (QED) is 0.779. The summed E-state index contributed by atoms with van der Waals surface area (Å²) in [5.41, 5.74) is -0.873. The summed E-state index contributed by atoms with van der Waals surface area (Å²) in [6.07, 6.45) is -0.102. The highest BCUT2D eigenvalue weighted by Gasteiger charge is 2.49. The van der Waals surface area contributed by atoms with E-state index in [-0.39, 0.29) is 0 Å². The smallest absolute Gasteiger partial charge is 0.314 e. The molecule has 24 heavy (non-hydrogen) atoms. The first-order valence-electron chi connectivity index (χ1n) is 8.47. The number of benzene rings is 1. The lowest BCUT2D eigenvalue weighted by Gasteiger charge is -2.42. The Hall–Kier alpha value is -1.85. The molecule has 1 aliphatic rings. The van der Waals surface area contributed by atoms with Gasteiger partial charge in [-0.15, -0.1) is 10.2 Å². The summed E-state index contributed by atoms with van der Waals surface area (Å²) in [5, 5.41) is 8.47. The van der Waals surface area contributed by atoms with Crippen LogP contribution in [-0.4, -0.2) is 14.8 Å². The van der Waals surface area contributed by atoms with Crippen molar-refractivity contribution >= 4 is 0 Å². The lowest BCUT2D eigenvalue weighted by molar-refractivity contribution is -0.139. The molecule has 0 atom stereocenters. The highest BCUT2D eigenvalue weighted by molar-refractivity contribution is 5.43. The monoisotopic (exact) mass is 337 g/mol. The SMILES string of the molecule is CCCCn1c(C)nnc1C1(c2ccccc2C(F)(F)F)CCC1. The Labute approximate surface area is 139 Å². The van der Waals surface area contributed by atoms with Crippen molar-refractivity contribution in [1.82, 2.24) is 14.8 Å². The van der Waals surface area contributed by atoms with Crippen LogP contribution < -0.4 is 0 Å². The van der Waals surface area contributed by atoms with Gasteiger partial charge in [-0.3, -0.25) is 0 Å². The van der Waals surface area contributed by atoms with Crippen molar-refractivity contribution in [1.29, 1.82) is 0 Å². The summed E-state index contributed by atoms with van der Waals surface area (Å²) in [4.78, 5) is 0. The molecule has 0 aliphatic heterocycles. The van der Waals surface area contributed by atoms with Crippen LogP contribution in [0.2, 0.25) is 0 Å². The van der Waals surface area contributed by atoms with Crippen molar-refractivity contribution in [2.45, 2.75) is 64.1 Å². The van der Waals surface area contributed by atoms with Gasteiger partial charge in [-0.1, -0.05) is 38.0 Å². The fourth-order valence-corrected chi connectivity index (χ4v) is 3.61. The van der Waals surface area contributed by atoms with E-state index in [1.165, 1.54) is 12.1 Å². The zero-order chi connectivity index (χ0) is 17.4. The van der Waals surface area contributed by atoms with Gasteiger partial charge < -0.3 is 4.57 Å². The summed E-state index contributed by atoms with van der Waals surface area (Å²) in [7, 11) is 0. The molecule has 0 bridgehead atoms. The molecular formula is C18H22F3N3. The standard InChI is InChI=1S/C18H22F3N3/c1-3-4-12-24-13(2)22-23-16(24)17(10-7-11-17)14-8-5-6-9-15(14)18(19,20)21/h5-6,8-9H,3-4,7,10-12H2,1-2H3. The molecule has 0 saturated heterocycles. The molecule has 1 aliphatic carbocycles. The molecule has 0 spiro atoms. The Balaban J connectivity index is 2.13. The summed E-state index contributed by atoms with van der Waals surface area (Å²) in [5.74, 6) is 1.46. The van der Waals surface area contributed by atoms with Crippen molar-refractivity contribution < 1.29 is 13.2 Å². The highest BCUT2D eigenvalue weighted by Crippen LogP contribution is 2.51. The van der Waals surface area contributed by atoms with Crippen LogP contribution in [0.25, 0.3) is 0 Å². The molecule has 1 heterocycles. The van der Waals surface area contributed by atoms with Crippen LogP contribution in [0.1, 0.15) is 61.8 Å². The van der Waals surface area contributed by atoms with E-state index in [9.17, 15) is 13.2 Å². The summed E-state index contributed by atoms with van der Waals surface area (Å²) in [6, 6.07) is 5.92. The van der Waals surface area contributed by atoms with Gasteiger partial charge in [0.15, 0.2) is 0 Å². The normalized spacial score (nSPS) is 16.9. The molecule has 3 rings (SSSR count). The van der Waals surface area contributed by atoms with Crippen LogP contribution in [-0.2, 0) is 18.1 Å². The van der Waals surface area contributed by atoms with Gasteiger partial charge in [0.05, 0.1) is 11.0 Å². The van der Waals surface area contributed by atoms with Gasteiger partial charge in [-0.05, 0) is 37.8 Å². The van der Waals surface area contributed by atoms with Crippen LogP contribution in [0.15, 0.2) is 24.3 Å². The Morgan fingerprint density at radius 3 is 2.46 bits per heavy atom. The van der Waals surface area contributed by atoms with E-state index in [2.05, 4.69) is 17.1 Å². The van der Waals surface area contributed by atoms with Crippen LogP contribution >= 0.6 is 0 Å². The van der Waals surface area contributed by atoms with E-state index < -0.39 is 17.2 Å². The maximum atomic E-state index is 13.5. The minimum Gasteiger partial charge on any atom is -0.314 e. The van der Waals surface area contributed by atoms with E-state index in [4.69, 9.17) is 0 Å². The highest BCUT2D eigenvalue weighted by atomic mass is 19.4. The van der Waals surface area contributed by atoms with Crippen molar-refractivity contribution in [2.75, 3.05) is 0 Å². The second kappa shape index (κ2) is 6.22. The lowest BCUT2D eigenvalue weighted by Crippen LogP contribution is -2.40. The molecule has 1 aromatic carbocycles. The number of rotatable bonds is 5. The number of hydrogen-bond acceptors (Lipinski definition) is 2. The molecular weight excluding hydrogens is 315 g/mol. The molecule has 2 aromatic rings. The van der Waals surface area contributed by atoms with Crippen molar-refractivity contribution in [2.24, 2.45) is 0 Å². The van der Waals surface area contributed by atoms with Crippen molar-refractivity contribution in [3.05, 3.63) is 47.0 Å². The number of unbranched alkanes of at least 4 members (excludes halogenated alkanes) is 1.